The number of nitrogens with zero attached hydrogens (tertiary/aromatic N) is 1. The zero-order valence-corrected chi connectivity index (χ0v) is 15.8. The van der Waals surface area contributed by atoms with Crippen molar-refractivity contribution in [2.75, 3.05) is 13.6 Å². The molecule has 0 unspecified atom stereocenters. The molecule has 0 saturated heterocycles. The van der Waals surface area contributed by atoms with Crippen LogP contribution in [0.4, 0.5) is 4.39 Å². The van der Waals surface area contributed by atoms with Gasteiger partial charge in [-0.15, -0.1) is 24.0 Å². The van der Waals surface area contributed by atoms with Crippen molar-refractivity contribution in [1.82, 2.24) is 10.6 Å². The van der Waals surface area contributed by atoms with Crippen LogP contribution in [0.3, 0.4) is 0 Å². The third-order valence-corrected chi connectivity index (χ3v) is 4.93. The Hall–Kier alpha value is -1.11. The summed E-state index contributed by atoms with van der Waals surface area (Å²) in [7, 11) is 1.81. The Morgan fingerprint density at radius 3 is 2.39 bits per heavy atom. The van der Waals surface area contributed by atoms with Gasteiger partial charge < -0.3 is 10.6 Å². The molecule has 23 heavy (non-hydrogen) atoms. The van der Waals surface area contributed by atoms with E-state index in [1.165, 1.54) is 12.0 Å². The molecule has 0 spiro atoms. The second-order valence-electron chi connectivity index (χ2n) is 6.35. The Labute approximate surface area is 154 Å². The summed E-state index contributed by atoms with van der Waals surface area (Å²) in [6.45, 7) is 0.846. The minimum Gasteiger partial charge on any atom is -0.356 e. The Balaban J connectivity index is 0.00000192. The smallest absolute Gasteiger partial charge is 0.191 e. The van der Waals surface area contributed by atoms with Gasteiger partial charge in [0.15, 0.2) is 5.96 Å². The SMILES string of the molecule is CN=C(NCC1(c2ccc(F)cc2)CCC1)NC1CC=CC1.I. The van der Waals surface area contributed by atoms with E-state index in [2.05, 4.69) is 27.8 Å². The van der Waals surface area contributed by atoms with Gasteiger partial charge in [-0.3, -0.25) is 4.99 Å². The highest BCUT2D eigenvalue weighted by Crippen LogP contribution is 2.43. The van der Waals surface area contributed by atoms with Gasteiger partial charge in [-0.1, -0.05) is 30.7 Å². The predicted octanol–water partition coefficient (Wildman–Crippen LogP) is 3.75. The van der Waals surface area contributed by atoms with Crippen molar-refractivity contribution in [3.8, 4) is 0 Å². The molecule has 2 N–H and O–H groups in total. The van der Waals surface area contributed by atoms with Gasteiger partial charge in [0, 0.05) is 25.0 Å². The first kappa shape index (κ1) is 18.2. The van der Waals surface area contributed by atoms with Crippen LogP contribution in [0.2, 0.25) is 0 Å². The Morgan fingerprint density at radius 1 is 1.22 bits per heavy atom. The first-order chi connectivity index (χ1) is 10.7. The Morgan fingerprint density at radius 2 is 1.87 bits per heavy atom. The van der Waals surface area contributed by atoms with Gasteiger partial charge in [0.2, 0.25) is 0 Å². The maximum atomic E-state index is 13.1. The van der Waals surface area contributed by atoms with Gasteiger partial charge in [-0.2, -0.15) is 0 Å². The first-order valence-electron chi connectivity index (χ1n) is 8.10. The van der Waals surface area contributed by atoms with E-state index < -0.39 is 0 Å². The number of hydrogen-bond acceptors (Lipinski definition) is 1. The molecule has 2 aliphatic carbocycles. The standard InChI is InChI=1S/C18H24FN3.HI/c1-20-17(22-16-5-2-3-6-16)21-13-18(11-4-12-18)14-7-9-15(19)10-8-14;/h2-3,7-10,16H,4-6,11-13H2,1H3,(H2,20,21,22);1H. The van der Waals surface area contributed by atoms with E-state index >= 15 is 0 Å². The van der Waals surface area contributed by atoms with E-state index in [0.717, 1.165) is 38.2 Å². The number of hydrogen-bond donors (Lipinski definition) is 2. The maximum Gasteiger partial charge on any atom is 0.191 e. The van der Waals surface area contributed by atoms with Gasteiger partial charge in [-0.25, -0.2) is 4.39 Å². The van der Waals surface area contributed by atoms with Crippen molar-refractivity contribution >= 4 is 29.9 Å². The van der Waals surface area contributed by atoms with E-state index in [1.807, 2.05) is 19.2 Å². The van der Waals surface area contributed by atoms with E-state index in [4.69, 9.17) is 0 Å². The van der Waals surface area contributed by atoms with Gasteiger partial charge in [0.1, 0.15) is 5.82 Å². The van der Waals surface area contributed by atoms with E-state index in [-0.39, 0.29) is 35.2 Å². The minimum absolute atomic E-state index is 0. The third-order valence-electron chi connectivity index (χ3n) is 4.93. The van der Waals surface area contributed by atoms with Crippen molar-refractivity contribution in [2.24, 2.45) is 4.99 Å². The third kappa shape index (κ3) is 4.25. The zero-order chi connectivity index (χ0) is 15.4. The molecule has 3 rings (SSSR count). The van der Waals surface area contributed by atoms with Crippen molar-refractivity contribution < 1.29 is 4.39 Å². The summed E-state index contributed by atoms with van der Waals surface area (Å²) >= 11 is 0. The summed E-state index contributed by atoms with van der Waals surface area (Å²) in [6.07, 6.45) is 10.1. The fourth-order valence-corrected chi connectivity index (χ4v) is 3.35. The molecule has 0 heterocycles. The molecule has 0 aliphatic heterocycles. The normalized spacial score (nSPS) is 19.8. The number of aliphatic imine (C=N–C) groups is 1. The average molecular weight is 429 g/mol. The summed E-state index contributed by atoms with van der Waals surface area (Å²) in [5.74, 6) is 0.694. The van der Waals surface area contributed by atoms with Gasteiger partial charge in [-0.05, 0) is 43.4 Å². The first-order valence-corrected chi connectivity index (χ1v) is 8.10. The lowest BCUT2D eigenvalue weighted by Crippen LogP contribution is -2.50. The summed E-state index contributed by atoms with van der Waals surface area (Å²) in [5, 5.41) is 6.93. The largest absolute Gasteiger partial charge is 0.356 e. The van der Waals surface area contributed by atoms with Crippen molar-refractivity contribution in [2.45, 2.75) is 43.6 Å². The summed E-state index contributed by atoms with van der Waals surface area (Å²) in [5.41, 5.74) is 1.35. The topological polar surface area (TPSA) is 36.4 Å². The lowest BCUT2D eigenvalue weighted by Gasteiger charge is -2.43. The van der Waals surface area contributed by atoms with Crippen LogP contribution in [0.25, 0.3) is 0 Å². The van der Waals surface area contributed by atoms with Gasteiger partial charge in [0.05, 0.1) is 0 Å². The molecule has 0 amide bonds. The second kappa shape index (κ2) is 8.13. The summed E-state index contributed by atoms with van der Waals surface area (Å²) in [6, 6.07) is 7.43. The summed E-state index contributed by atoms with van der Waals surface area (Å²) < 4.78 is 13.1. The van der Waals surface area contributed by atoms with Crippen molar-refractivity contribution in [3.05, 3.63) is 47.8 Å². The highest BCUT2D eigenvalue weighted by molar-refractivity contribution is 14.0. The molecule has 5 heteroatoms. The van der Waals surface area contributed by atoms with Crippen LogP contribution in [0, 0.1) is 5.82 Å². The molecule has 0 aromatic heterocycles. The molecule has 2 aliphatic rings. The van der Waals surface area contributed by atoms with Crippen LogP contribution in [0.5, 0.6) is 0 Å². The van der Waals surface area contributed by atoms with Crippen LogP contribution >= 0.6 is 24.0 Å². The molecule has 126 valence electrons. The maximum absolute atomic E-state index is 13.1. The number of benzene rings is 1. The fourth-order valence-electron chi connectivity index (χ4n) is 3.35. The van der Waals surface area contributed by atoms with Crippen LogP contribution in [0.15, 0.2) is 41.4 Å². The highest BCUT2D eigenvalue weighted by atomic mass is 127. The molecule has 0 atom stereocenters. The predicted molar refractivity (Wildman–Crippen MR) is 104 cm³/mol. The summed E-state index contributed by atoms with van der Waals surface area (Å²) in [4.78, 5) is 4.33. The van der Waals surface area contributed by atoms with Gasteiger partial charge >= 0.3 is 0 Å². The fraction of sp³-hybridized carbons (Fsp3) is 0.500. The molecule has 1 saturated carbocycles. The van der Waals surface area contributed by atoms with Crippen LogP contribution in [-0.2, 0) is 5.41 Å². The van der Waals surface area contributed by atoms with E-state index in [0.29, 0.717) is 6.04 Å². The van der Waals surface area contributed by atoms with Crippen molar-refractivity contribution in [3.63, 3.8) is 0 Å². The Bertz CT molecular complexity index is 556. The molecule has 1 fully saturated rings. The Kier molecular flexibility index (Phi) is 6.44. The quantitative estimate of drug-likeness (QED) is 0.331. The molecular formula is C18H25FIN3. The number of guanidine groups is 1. The van der Waals surface area contributed by atoms with Crippen LogP contribution in [-0.4, -0.2) is 25.6 Å². The van der Waals surface area contributed by atoms with Gasteiger partial charge in [0.25, 0.3) is 0 Å². The lowest BCUT2D eigenvalue weighted by molar-refractivity contribution is 0.243. The minimum atomic E-state index is -0.169. The highest BCUT2D eigenvalue weighted by Gasteiger charge is 2.38. The molecule has 0 bridgehead atoms. The number of rotatable bonds is 4. The van der Waals surface area contributed by atoms with Crippen LogP contribution in [0.1, 0.15) is 37.7 Å². The van der Waals surface area contributed by atoms with Crippen molar-refractivity contribution in [1.29, 1.82) is 0 Å². The number of halogens is 2. The molecule has 1 aromatic carbocycles. The van der Waals surface area contributed by atoms with Crippen LogP contribution < -0.4 is 10.6 Å². The molecule has 0 radical (unpaired) electrons. The molecule has 1 aromatic rings. The average Bonchev–Trinajstić information content (AvgIpc) is 2.99. The number of nitrogens with one attached hydrogen (secondary N) is 2. The molecule has 3 nitrogen and oxygen atoms in total. The molecular weight excluding hydrogens is 404 g/mol. The van der Waals surface area contributed by atoms with E-state index in [9.17, 15) is 4.39 Å². The zero-order valence-electron chi connectivity index (χ0n) is 13.5. The monoisotopic (exact) mass is 429 g/mol. The lowest BCUT2D eigenvalue weighted by atomic mass is 9.64. The van der Waals surface area contributed by atoms with E-state index in [1.54, 1.807) is 12.1 Å². The second-order valence-corrected chi connectivity index (χ2v) is 6.35.